The number of rotatable bonds is 9. The van der Waals surface area contributed by atoms with Crippen molar-refractivity contribution in [2.24, 2.45) is 0 Å². The molecule has 1 heterocycles. The van der Waals surface area contributed by atoms with E-state index in [1.165, 1.54) is 30.5 Å². The van der Waals surface area contributed by atoms with Gasteiger partial charge in [0.15, 0.2) is 0 Å². The maximum Gasteiger partial charge on any atom is 0.323 e. The molecule has 4 N–H and O–H groups in total. The van der Waals surface area contributed by atoms with Crippen LogP contribution in [0.1, 0.15) is 21.6 Å². The van der Waals surface area contributed by atoms with Crippen LogP contribution in [0.2, 0.25) is 5.02 Å². The van der Waals surface area contributed by atoms with Crippen LogP contribution in [0.15, 0.2) is 85.1 Å². The van der Waals surface area contributed by atoms with Crippen LogP contribution in [0.4, 0.5) is 21.9 Å². The van der Waals surface area contributed by atoms with Crippen LogP contribution in [0.5, 0.6) is 11.5 Å². The van der Waals surface area contributed by atoms with Crippen molar-refractivity contribution in [3.05, 3.63) is 117 Å². The van der Waals surface area contributed by atoms with E-state index in [0.717, 1.165) is 11.1 Å². The molecule has 0 spiro atoms. The fourth-order valence-electron chi connectivity index (χ4n) is 3.36. The molecule has 3 amide bonds. The number of nitro benzene ring substituents is 1. The molecule has 0 atom stereocenters. The Kier molecular flexibility index (Phi) is 8.67. The molecule has 4 rings (SSSR count). The highest BCUT2D eigenvalue weighted by atomic mass is 35.5. The largest absolute Gasteiger partial charge is 0.457 e. The van der Waals surface area contributed by atoms with Crippen molar-refractivity contribution in [1.29, 1.82) is 0 Å². The van der Waals surface area contributed by atoms with E-state index in [2.05, 4.69) is 26.5 Å². The van der Waals surface area contributed by atoms with Crippen molar-refractivity contribution < 1.29 is 19.2 Å². The lowest BCUT2D eigenvalue weighted by Gasteiger charge is -2.10. The zero-order chi connectivity index (χ0) is 27.8. The van der Waals surface area contributed by atoms with E-state index in [4.69, 9.17) is 16.3 Å². The van der Waals surface area contributed by atoms with Crippen molar-refractivity contribution >= 4 is 40.6 Å². The first-order chi connectivity index (χ1) is 18.8. The highest BCUT2D eigenvalue weighted by Gasteiger charge is 2.14. The number of nitrogens with one attached hydrogen (secondary N) is 4. The number of ether oxygens (including phenoxy) is 1. The zero-order valence-corrected chi connectivity index (χ0v) is 21.4. The van der Waals surface area contributed by atoms with Gasteiger partial charge in [0.25, 0.3) is 11.6 Å². The van der Waals surface area contributed by atoms with E-state index in [9.17, 15) is 19.7 Å². The van der Waals surface area contributed by atoms with Gasteiger partial charge in [0.05, 0.1) is 4.92 Å². The van der Waals surface area contributed by atoms with E-state index < -0.39 is 16.9 Å². The van der Waals surface area contributed by atoms with Gasteiger partial charge in [0, 0.05) is 36.2 Å². The third-order valence-corrected chi connectivity index (χ3v) is 5.65. The molecule has 0 saturated heterocycles. The van der Waals surface area contributed by atoms with Crippen molar-refractivity contribution in [3.63, 3.8) is 0 Å². The van der Waals surface area contributed by atoms with Crippen LogP contribution in [0, 0.1) is 17.0 Å². The molecule has 0 aliphatic rings. The second kappa shape index (κ2) is 12.5. The molecular formula is C27H23ClN6O5. The predicted molar refractivity (Wildman–Crippen MR) is 147 cm³/mol. The number of halogens is 1. The minimum atomic E-state index is -0.633. The molecule has 198 valence electrons. The third kappa shape index (κ3) is 7.74. The summed E-state index contributed by atoms with van der Waals surface area (Å²) in [6, 6.07) is 20.9. The number of pyridine rings is 1. The molecule has 12 heteroatoms. The lowest BCUT2D eigenvalue weighted by Crippen LogP contribution is -2.37. The zero-order valence-electron chi connectivity index (χ0n) is 20.6. The fraction of sp³-hybridized carbons (Fsp3) is 0.0741. The Balaban J connectivity index is 1.29. The molecule has 0 bridgehead atoms. The number of nitro groups is 1. The second-order valence-electron chi connectivity index (χ2n) is 8.30. The van der Waals surface area contributed by atoms with Gasteiger partial charge in [-0.05, 0) is 55.0 Å². The highest BCUT2D eigenvalue weighted by molar-refractivity contribution is 6.32. The van der Waals surface area contributed by atoms with Crippen LogP contribution >= 0.6 is 11.6 Å². The first kappa shape index (κ1) is 27.0. The molecule has 0 unspecified atom stereocenters. The lowest BCUT2D eigenvalue weighted by atomic mass is 10.1. The number of hydrazine groups is 1. The second-order valence-corrected chi connectivity index (χ2v) is 8.71. The van der Waals surface area contributed by atoms with Gasteiger partial charge in [-0.25, -0.2) is 10.2 Å². The normalized spacial score (nSPS) is 10.4. The third-order valence-electron chi connectivity index (χ3n) is 5.33. The number of benzene rings is 3. The van der Waals surface area contributed by atoms with Crippen LogP contribution < -0.4 is 26.2 Å². The SMILES string of the molecule is Cc1ccc(CNNC(=O)c2cc(Oc3ccc(NC(=O)Nc4ccc(Cl)c([N+](=O)[O-])c4)cc3)ccn2)cc1. The summed E-state index contributed by atoms with van der Waals surface area (Å²) in [6.45, 7) is 2.46. The number of carbonyl (C=O) groups is 2. The molecule has 0 aliphatic carbocycles. The summed E-state index contributed by atoms with van der Waals surface area (Å²) in [5, 5.41) is 16.1. The monoisotopic (exact) mass is 546 g/mol. The summed E-state index contributed by atoms with van der Waals surface area (Å²) in [5.74, 6) is 0.449. The number of hydrogen-bond donors (Lipinski definition) is 4. The Morgan fingerprint density at radius 2 is 1.62 bits per heavy atom. The summed E-state index contributed by atoms with van der Waals surface area (Å²) < 4.78 is 5.81. The number of aryl methyl sites for hydroxylation is 1. The Labute approximate surface area is 228 Å². The van der Waals surface area contributed by atoms with Crippen molar-refractivity contribution in [3.8, 4) is 11.5 Å². The summed E-state index contributed by atoms with van der Waals surface area (Å²) in [5.41, 5.74) is 8.20. The summed E-state index contributed by atoms with van der Waals surface area (Å²) in [4.78, 5) is 39.2. The van der Waals surface area contributed by atoms with Gasteiger partial charge in [0.1, 0.15) is 22.2 Å². The number of anilines is 2. The van der Waals surface area contributed by atoms with Crippen molar-refractivity contribution in [1.82, 2.24) is 15.8 Å². The number of nitrogens with zero attached hydrogens (tertiary/aromatic N) is 2. The maximum atomic E-state index is 12.5. The summed E-state index contributed by atoms with van der Waals surface area (Å²) >= 11 is 5.79. The Morgan fingerprint density at radius 3 is 2.33 bits per heavy atom. The molecule has 1 aromatic heterocycles. The van der Waals surface area contributed by atoms with Crippen LogP contribution in [-0.4, -0.2) is 21.8 Å². The standard InChI is InChI=1S/C27H23ClN6O5/c1-17-2-4-18(5-3-17)16-30-33-26(35)24-15-22(12-13-29-24)39-21-9-6-19(7-10-21)31-27(36)32-20-8-11-23(28)25(14-20)34(37)38/h2-15,30H,16H2,1H3,(H,33,35)(H2,31,32,36). The van der Waals surface area contributed by atoms with Gasteiger partial charge >= 0.3 is 6.03 Å². The molecule has 0 aliphatic heterocycles. The molecule has 4 aromatic rings. The van der Waals surface area contributed by atoms with Gasteiger partial charge in [-0.1, -0.05) is 41.4 Å². The van der Waals surface area contributed by atoms with Crippen LogP contribution in [-0.2, 0) is 6.54 Å². The van der Waals surface area contributed by atoms with E-state index >= 15 is 0 Å². The quantitative estimate of drug-likeness (QED) is 0.153. The topological polar surface area (TPSA) is 148 Å². The molecule has 0 fully saturated rings. The number of aromatic nitrogens is 1. The summed E-state index contributed by atoms with van der Waals surface area (Å²) in [7, 11) is 0. The molecule has 3 aromatic carbocycles. The Bertz CT molecular complexity index is 1500. The Hall–Kier alpha value is -5.00. The average Bonchev–Trinajstić information content (AvgIpc) is 2.92. The van der Waals surface area contributed by atoms with Gasteiger partial charge in [-0.15, -0.1) is 0 Å². The van der Waals surface area contributed by atoms with Gasteiger partial charge in [0.2, 0.25) is 0 Å². The fourth-order valence-corrected chi connectivity index (χ4v) is 3.55. The first-order valence-electron chi connectivity index (χ1n) is 11.6. The smallest absolute Gasteiger partial charge is 0.323 e. The number of carbonyl (C=O) groups excluding carboxylic acids is 2. The number of urea groups is 1. The lowest BCUT2D eigenvalue weighted by molar-refractivity contribution is -0.384. The molecule has 11 nitrogen and oxygen atoms in total. The van der Waals surface area contributed by atoms with E-state index in [1.807, 2.05) is 31.2 Å². The first-order valence-corrected chi connectivity index (χ1v) is 12.0. The molecule has 0 saturated carbocycles. The van der Waals surface area contributed by atoms with Crippen molar-refractivity contribution in [2.75, 3.05) is 10.6 Å². The molecule has 0 radical (unpaired) electrons. The minimum absolute atomic E-state index is 0.0294. The molecular weight excluding hydrogens is 524 g/mol. The van der Waals surface area contributed by atoms with Crippen molar-refractivity contribution in [2.45, 2.75) is 13.5 Å². The Morgan fingerprint density at radius 1 is 0.923 bits per heavy atom. The molecule has 39 heavy (non-hydrogen) atoms. The van der Waals surface area contributed by atoms with E-state index in [1.54, 1.807) is 30.3 Å². The van der Waals surface area contributed by atoms with E-state index in [0.29, 0.717) is 23.7 Å². The van der Waals surface area contributed by atoms with Gasteiger partial charge in [-0.3, -0.25) is 25.3 Å². The van der Waals surface area contributed by atoms with Gasteiger partial charge in [-0.2, -0.15) is 0 Å². The average molecular weight is 547 g/mol. The van der Waals surface area contributed by atoms with Crippen LogP contribution in [0.25, 0.3) is 0 Å². The maximum absolute atomic E-state index is 12.5. The van der Waals surface area contributed by atoms with Gasteiger partial charge < -0.3 is 15.4 Å². The number of amides is 3. The summed E-state index contributed by atoms with van der Waals surface area (Å²) in [6.07, 6.45) is 1.46. The van der Waals surface area contributed by atoms with E-state index in [-0.39, 0.29) is 22.1 Å². The predicted octanol–water partition coefficient (Wildman–Crippen LogP) is 5.82. The minimum Gasteiger partial charge on any atom is -0.457 e. The van der Waals surface area contributed by atoms with Crippen LogP contribution in [0.3, 0.4) is 0 Å². The number of hydrogen-bond acceptors (Lipinski definition) is 7. The highest BCUT2D eigenvalue weighted by Crippen LogP contribution is 2.28.